The van der Waals surface area contributed by atoms with Crippen molar-refractivity contribution in [1.29, 1.82) is 0 Å². The Labute approximate surface area is 108 Å². The van der Waals surface area contributed by atoms with E-state index in [1.165, 1.54) is 7.11 Å². The number of hydrogen-bond donors (Lipinski definition) is 0. The van der Waals surface area contributed by atoms with Crippen molar-refractivity contribution in [1.82, 2.24) is 0 Å². The fraction of sp³-hybridized carbons (Fsp3) is 0.929. The van der Waals surface area contributed by atoms with Crippen molar-refractivity contribution in [3.8, 4) is 0 Å². The molecule has 102 valence electrons. The molecule has 0 aromatic rings. The van der Waals surface area contributed by atoms with Gasteiger partial charge in [-0.3, -0.25) is 4.79 Å². The Morgan fingerprint density at radius 3 is 2.17 bits per heavy atom. The quantitative estimate of drug-likeness (QED) is 0.672. The van der Waals surface area contributed by atoms with Crippen molar-refractivity contribution in [2.45, 2.75) is 45.3 Å². The first-order chi connectivity index (χ1) is 8.47. The van der Waals surface area contributed by atoms with Gasteiger partial charge in [-0.05, 0) is 23.7 Å². The van der Waals surface area contributed by atoms with Crippen LogP contribution in [0.1, 0.15) is 39.5 Å². The Morgan fingerprint density at radius 2 is 1.67 bits per heavy atom. The molecule has 0 radical (unpaired) electrons. The van der Waals surface area contributed by atoms with Gasteiger partial charge in [0.1, 0.15) is 0 Å². The Hall–Kier alpha value is -0.610. The van der Waals surface area contributed by atoms with E-state index in [-0.39, 0.29) is 28.5 Å². The number of carbonyl (C=O) groups excluding carboxylic acids is 1. The molecule has 1 saturated heterocycles. The minimum Gasteiger partial charge on any atom is -0.469 e. The second kappa shape index (κ2) is 3.70. The van der Waals surface area contributed by atoms with Crippen molar-refractivity contribution < 1.29 is 19.0 Å². The van der Waals surface area contributed by atoms with Crippen molar-refractivity contribution in [2.24, 2.45) is 16.7 Å². The highest BCUT2D eigenvalue weighted by Gasteiger charge is 2.75. The smallest absolute Gasteiger partial charge is 0.309 e. The van der Waals surface area contributed by atoms with Gasteiger partial charge < -0.3 is 14.2 Å². The van der Waals surface area contributed by atoms with Gasteiger partial charge in [-0.2, -0.15) is 0 Å². The standard InChI is InChI=1S/C14H22O4/c1-12(2)10(11(15)16-3)13(12)4-6-14(7-5-13)17-8-9-18-14/h10H,4-9H2,1-3H3. The molecule has 3 fully saturated rings. The van der Waals surface area contributed by atoms with Crippen LogP contribution in [-0.4, -0.2) is 32.1 Å². The van der Waals surface area contributed by atoms with E-state index < -0.39 is 0 Å². The monoisotopic (exact) mass is 254 g/mol. The summed E-state index contributed by atoms with van der Waals surface area (Å²) >= 11 is 0. The summed E-state index contributed by atoms with van der Waals surface area (Å²) in [5.41, 5.74) is 0.168. The van der Waals surface area contributed by atoms with Crippen LogP contribution >= 0.6 is 0 Å². The lowest BCUT2D eigenvalue weighted by molar-refractivity contribution is -0.187. The molecule has 0 N–H and O–H groups in total. The number of carbonyl (C=O) groups is 1. The van der Waals surface area contributed by atoms with E-state index in [1.807, 2.05) is 0 Å². The topological polar surface area (TPSA) is 44.8 Å². The lowest BCUT2D eigenvalue weighted by Crippen LogP contribution is -2.37. The van der Waals surface area contributed by atoms with Gasteiger partial charge in [-0.25, -0.2) is 0 Å². The maximum Gasteiger partial charge on any atom is 0.309 e. The van der Waals surface area contributed by atoms with E-state index in [9.17, 15) is 4.79 Å². The summed E-state index contributed by atoms with van der Waals surface area (Å²) in [5.74, 6) is -0.345. The minimum atomic E-state index is -0.343. The van der Waals surface area contributed by atoms with Crippen LogP contribution in [0.4, 0.5) is 0 Å². The van der Waals surface area contributed by atoms with Crippen LogP contribution in [0.15, 0.2) is 0 Å². The predicted molar refractivity (Wildman–Crippen MR) is 64.8 cm³/mol. The number of hydrogen-bond acceptors (Lipinski definition) is 4. The average Bonchev–Trinajstić information content (AvgIpc) is 2.68. The van der Waals surface area contributed by atoms with Gasteiger partial charge in [0.15, 0.2) is 5.79 Å². The summed E-state index contributed by atoms with van der Waals surface area (Å²) in [4.78, 5) is 11.9. The average molecular weight is 254 g/mol. The molecule has 18 heavy (non-hydrogen) atoms. The Bertz CT molecular complexity index is 358. The number of ether oxygens (including phenoxy) is 3. The Morgan fingerprint density at radius 1 is 1.11 bits per heavy atom. The minimum absolute atomic E-state index is 0.0498. The molecule has 3 rings (SSSR count). The lowest BCUT2D eigenvalue weighted by Gasteiger charge is -2.37. The van der Waals surface area contributed by atoms with Crippen LogP contribution in [0.5, 0.6) is 0 Å². The van der Waals surface area contributed by atoms with E-state index in [1.54, 1.807) is 0 Å². The Balaban J connectivity index is 1.74. The number of esters is 1. The molecular weight excluding hydrogens is 232 g/mol. The molecule has 2 saturated carbocycles. The summed E-state index contributed by atoms with van der Waals surface area (Å²) < 4.78 is 16.5. The van der Waals surface area contributed by atoms with Crippen LogP contribution in [0.2, 0.25) is 0 Å². The normalized spacial score (nSPS) is 40.1. The molecule has 3 aliphatic rings. The van der Waals surface area contributed by atoms with Crippen LogP contribution in [-0.2, 0) is 19.0 Å². The maximum absolute atomic E-state index is 11.9. The molecule has 4 heteroatoms. The fourth-order valence-corrected chi connectivity index (χ4v) is 4.38. The van der Waals surface area contributed by atoms with Crippen molar-refractivity contribution in [2.75, 3.05) is 20.3 Å². The van der Waals surface area contributed by atoms with Gasteiger partial charge in [-0.15, -0.1) is 0 Å². The van der Waals surface area contributed by atoms with Gasteiger partial charge in [0, 0.05) is 12.8 Å². The predicted octanol–water partition coefficient (Wildman–Crippen LogP) is 2.12. The third-order valence-electron chi connectivity index (χ3n) is 5.63. The van der Waals surface area contributed by atoms with Gasteiger partial charge >= 0.3 is 5.97 Å². The van der Waals surface area contributed by atoms with Crippen molar-refractivity contribution >= 4 is 5.97 Å². The molecule has 0 aromatic heterocycles. The molecule has 2 aliphatic carbocycles. The van der Waals surface area contributed by atoms with Crippen LogP contribution in [0, 0.1) is 16.7 Å². The number of methoxy groups -OCH3 is 1. The van der Waals surface area contributed by atoms with E-state index >= 15 is 0 Å². The highest BCUT2D eigenvalue weighted by atomic mass is 16.7. The summed E-state index contributed by atoms with van der Waals surface area (Å²) in [6.07, 6.45) is 3.81. The van der Waals surface area contributed by atoms with Crippen LogP contribution in [0.3, 0.4) is 0 Å². The first kappa shape index (κ1) is 12.4. The zero-order chi connectivity index (χ0) is 13.0. The van der Waals surface area contributed by atoms with Gasteiger partial charge in [0.2, 0.25) is 0 Å². The summed E-state index contributed by atoms with van der Waals surface area (Å²) in [6, 6.07) is 0. The van der Waals surface area contributed by atoms with E-state index in [0.29, 0.717) is 13.2 Å². The SMILES string of the molecule is COC(=O)C1C(C)(C)C12CCC1(CC2)OCCO1. The molecule has 1 heterocycles. The van der Waals surface area contributed by atoms with E-state index in [4.69, 9.17) is 14.2 Å². The highest BCUT2D eigenvalue weighted by molar-refractivity contribution is 5.79. The Kier molecular flexibility index (Phi) is 2.55. The summed E-state index contributed by atoms with van der Waals surface area (Å²) in [7, 11) is 1.48. The molecular formula is C14H22O4. The van der Waals surface area contributed by atoms with Crippen molar-refractivity contribution in [3.05, 3.63) is 0 Å². The first-order valence-corrected chi connectivity index (χ1v) is 6.83. The van der Waals surface area contributed by atoms with E-state index in [0.717, 1.165) is 25.7 Å². The van der Waals surface area contributed by atoms with Crippen LogP contribution in [0.25, 0.3) is 0 Å². The zero-order valence-electron chi connectivity index (χ0n) is 11.5. The largest absolute Gasteiger partial charge is 0.469 e. The maximum atomic E-state index is 11.9. The summed E-state index contributed by atoms with van der Waals surface area (Å²) in [6.45, 7) is 5.78. The van der Waals surface area contributed by atoms with Crippen LogP contribution < -0.4 is 0 Å². The molecule has 2 spiro atoms. The highest BCUT2D eigenvalue weighted by Crippen LogP contribution is 2.75. The third kappa shape index (κ3) is 1.42. The van der Waals surface area contributed by atoms with Gasteiger partial charge in [0.05, 0.1) is 26.2 Å². The second-order valence-electron chi connectivity index (χ2n) is 6.44. The molecule has 1 aliphatic heterocycles. The molecule has 0 bridgehead atoms. The van der Waals surface area contributed by atoms with Gasteiger partial charge in [-0.1, -0.05) is 13.8 Å². The lowest BCUT2D eigenvalue weighted by atomic mass is 9.77. The first-order valence-electron chi connectivity index (χ1n) is 6.83. The van der Waals surface area contributed by atoms with Gasteiger partial charge in [0.25, 0.3) is 0 Å². The summed E-state index contributed by atoms with van der Waals surface area (Å²) in [5, 5.41) is 0. The molecule has 1 unspecified atom stereocenters. The second-order valence-corrected chi connectivity index (χ2v) is 6.44. The molecule has 0 aromatic carbocycles. The van der Waals surface area contributed by atoms with Crippen molar-refractivity contribution in [3.63, 3.8) is 0 Å². The third-order valence-corrected chi connectivity index (χ3v) is 5.63. The molecule has 4 nitrogen and oxygen atoms in total. The molecule has 0 amide bonds. The number of rotatable bonds is 1. The molecule has 1 atom stereocenters. The van der Waals surface area contributed by atoms with E-state index in [2.05, 4.69) is 13.8 Å². The zero-order valence-corrected chi connectivity index (χ0v) is 11.5. The fourth-order valence-electron chi connectivity index (χ4n) is 4.38.